The van der Waals surface area contributed by atoms with Crippen LogP contribution in [0.15, 0.2) is 72.3 Å². The van der Waals surface area contributed by atoms with Gasteiger partial charge in [-0.3, -0.25) is 9.59 Å². The van der Waals surface area contributed by atoms with Gasteiger partial charge in [0.25, 0.3) is 11.7 Å². The van der Waals surface area contributed by atoms with Crippen molar-refractivity contribution in [3.63, 3.8) is 0 Å². The highest BCUT2D eigenvalue weighted by molar-refractivity contribution is 6.46. The molecule has 0 saturated carbocycles. The van der Waals surface area contributed by atoms with Gasteiger partial charge in [0.15, 0.2) is 0 Å². The van der Waals surface area contributed by atoms with Crippen molar-refractivity contribution in [2.24, 2.45) is 5.92 Å². The Morgan fingerprint density at radius 3 is 2.30 bits per heavy atom. The van der Waals surface area contributed by atoms with E-state index in [-0.39, 0.29) is 23.3 Å². The maximum absolute atomic E-state index is 13.6. The van der Waals surface area contributed by atoms with Crippen LogP contribution in [-0.4, -0.2) is 35.4 Å². The third-order valence-electron chi connectivity index (χ3n) is 7.08. The summed E-state index contributed by atoms with van der Waals surface area (Å²) in [6, 6.07) is 20.0. The fourth-order valence-corrected chi connectivity index (χ4v) is 4.89. The van der Waals surface area contributed by atoms with Crippen LogP contribution in [0.3, 0.4) is 0 Å². The van der Waals surface area contributed by atoms with E-state index in [4.69, 9.17) is 9.47 Å². The van der Waals surface area contributed by atoms with E-state index in [1.165, 1.54) is 12.0 Å². The van der Waals surface area contributed by atoms with E-state index >= 15 is 0 Å². The molecule has 1 fully saturated rings. The number of ether oxygens (including phenoxy) is 2. The second kappa shape index (κ2) is 11.6. The standard InChI is InChI=1S/C34H39NO5/c1-21(2)20-40-26-14-11-23(12-15-26)19-35-30(24-10-8-9-22(3)17-24)29(32(37)33(35)38)31(36)27-18-25(34(4,5)6)13-16-28(27)39-7/h8-18,21,30,36H,19-20H2,1-7H3/b31-29+. The van der Waals surface area contributed by atoms with Crippen LogP contribution in [0.2, 0.25) is 0 Å². The maximum atomic E-state index is 13.6. The van der Waals surface area contributed by atoms with Gasteiger partial charge in [-0.05, 0) is 59.2 Å². The second-order valence-corrected chi connectivity index (χ2v) is 11.9. The van der Waals surface area contributed by atoms with Gasteiger partial charge in [-0.15, -0.1) is 0 Å². The molecule has 210 valence electrons. The Hall–Kier alpha value is -4.06. The molecule has 1 unspecified atom stereocenters. The minimum Gasteiger partial charge on any atom is -0.507 e. The normalized spacial score (nSPS) is 17.0. The molecule has 3 aromatic carbocycles. The molecule has 1 aliphatic heterocycles. The number of aliphatic hydroxyl groups excluding tert-OH is 1. The number of carbonyl (C=O) groups excluding carboxylic acids is 2. The number of hydrogen-bond donors (Lipinski definition) is 1. The van der Waals surface area contributed by atoms with Gasteiger partial charge < -0.3 is 19.5 Å². The molecule has 1 atom stereocenters. The average Bonchev–Trinajstić information content (AvgIpc) is 3.16. The number of methoxy groups -OCH3 is 1. The lowest BCUT2D eigenvalue weighted by molar-refractivity contribution is -0.140. The summed E-state index contributed by atoms with van der Waals surface area (Å²) in [5.41, 5.74) is 3.80. The Bertz CT molecular complexity index is 1430. The summed E-state index contributed by atoms with van der Waals surface area (Å²) in [5, 5.41) is 11.7. The third kappa shape index (κ3) is 6.06. The number of aliphatic hydroxyl groups is 1. The van der Waals surface area contributed by atoms with Crippen molar-refractivity contribution in [2.75, 3.05) is 13.7 Å². The first kappa shape index (κ1) is 28.9. The molecular weight excluding hydrogens is 502 g/mol. The molecule has 1 saturated heterocycles. The van der Waals surface area contributed by atoms with E-state index in [0.717, 1.165) is 28.0 Å². The van der Waals surface area contributed by atoms with Crippen molar-refractivity contribution < 1.29 is 24.2 Å². The first-order valence-electron chi connectivity index (χ1n) is 13.7. The number of rotatable bonds is 8. The maximum Gasteiger partial charge on any atom is 0.295 e. The number of benzene rings is 3. The number of hydrogen-bond acceptors (Lipinski definition) is 5. The van der Waals surface area contributed by atoms with Crippen LogP contribution in [0.5, 0.6) is 11.5 Å². The van der Waals surface area contributed by atoms with Crippen LogP contribution in [0, 0.1) is 12.8 Å². The number of carbonyl (C=O) groups is 2. The van der Waals surface area contributed by atoms with Gasteiger partial charge >= 0.3 is 0 Å². The Balaban J connectivity index is 1.82. The summed E-state index contributed by atoms with van der Waals surface area (Å²) in [5.74, 6) is -0.0307. The lowest BCUT2D eigenvalue weighted by Crippen LogP contribution is -2.29. The lowest BCUT2D eigenvalue weighted by atomic mass is 9.85. The molecule has 1 aliphatic rings. The van der Waals surface area contributed by atoms with E-state index in [9.17, 15) is 14.7 Å². The summed E-state index contributed by atoms with van der Waals surface area (Å²) in [4.78, 5) is 28.7. The van der Waals surface area contributed by atoms with E-state index in [0.29, 0.717) is 23.8 Å². The SMILES string of the molecule is COc1ccc(C(C)(C)C)cc1/C(O)=C1\C(=O)C(=O)N(Cc2ccc(OCC(C)C)cc2)C1c1cccc(C)c1. The molecule has 1 amide bonds. The highest BCUT2D eigenvalue weighted by atomic mass is 16.5. The molecule has 0 aliphatic carbocycles. The highest BCUT2D eigenvalue weighted by Crippen LogP contribution is 2.42. The number of aryl methyl sites for hydroxylation is 1. The zero-order valence-electron chi connectivity index (χ0n) is 24.4. The van der Waals surface area contributed by atoms with E-state index < -0.39 is 17.7 Å². The van der Waals surface area contributed by atoms with Gasteiger partial charge in [0, 0.05) is 6.54 Å². The van der Waals surface area contributed by atoms with Crippen LogP contribution in [0.1, 0.15) is 68.5 Å². The third-order valence-corrected chi connectivity index (χ3v) is 7.08. The van der Waals surface area contributed by atoms with Crippen LogP contribution in [0.4, 0.5) is 0 Å². The number of nitrogens with zero attached hydrogens (tertiary/aromatic N) is 1. The van der Waals surface area contributed by atoms with Crippen molar-refractivity contribution >= 4 is 17.4 Å². The predicted octanol–water partition coefficient (Wildman–Crippen LogP) is 6.96. The second-order valence-electron chi connectivity index (χ2n) is 11.9. The van der Waals surface area contributed by atoms with Crippen LogP contribution in [0.25, 0.3) is 5.76 Å². The first-order chi connectivity index (χ1) is 18.9. The number of likely N-dealkylation sites (tertiary alicyclic amines) is 1. The first-order valence-corrected chi connectivity index (χ1v) is 13.7. The van der Waals surface area contributed by atoms with Gasteiger partial charge in [0.05, 0.1) is 30.9 Å². The van der Waals surface area contributed by atoms with Gasteiger partial charge in [-0.25, -0.2) is 0 Å². The van der Waals surface area contributed by atoms with Crippen LogP contribution < -0.4 is 9.47 Å². The molecular formula is C34H39NO5. The van der Waals surface area contributed by atoms with Crippen molar-refractivity contribution in [3.05, 3.63) is 100 Å². The van der Waals surface area contributed by atoms with E-state index in [2.05, 4.69) is 34.6 Å². The zero-order valence-corrected chi connectivity index (χ0v) is 24.4. The molecule has 6 nitrogen and oxygen atoms in total. The summed E-state index contributed by atoms with van der Waals surface area (Å²) >= 11 is 0. The highest BCUT2D eigenvalue weighted by Gasteiger charge is 2.46. The van der Waals surface area contributed by atoms with Gasteiger partial charge in [0.2, 0.25) is 0 Å². The van der Waals surface area contributed by atoms with Crippen molar-refractivity contribution in [1.82, 2.24) is 4.90 Å². The van der Waals surface area contributed by atoms with Gasteiger partial charge in [0.1, 0.15) is 17.3 Å². The van der Waals surface area contributed by atoms with Crippen molar-refractivity contribution in [1.29, 1.82) is 0 Å². The van der Waals surface area contributed by atoms with E-state index in [1.54, 1.807) is 6.07 Å². The molecule has 4 rings (SSSR count). The summed E-state index contributed by atoms with van der Waals surface area (Å²) in [6.07, 6.45) is 0. The predicted molar refractivity (Wildman–Crippen MR) is 157 cm³/mol. The van der Waals surface area contributed by atoms with Gasteiger partial charge in [-0.1, -0.05) is 82.6 Å². The lowest BCUT2D eigenvalue weighted by Gasteiger charge is -2.26. The fraction of sp³-hybridized carbons (Fsp3) is 0.353. The Kier molecular flexibility index (Phi) is 8.38. The van der Waals surface area contributed by atoms with Crippen LogP contribution >= 0.6 is 0 Å². The molecule has 1 N–H and O–H groups in total. The molecule has 40 heavy (non-hydrogen) atoms. The smallest absolute Gasteiger partial charge is 0.295 e. The summed E-state index contributed by atoms with van der Waals surface area (Å²) in [7, 11) is 1.52. The molecule has 1 heterocycles. The number of Topliss-reactive ketones (excluding diaryl/α,β-unsaturated/α-hetero) is 1. The molecule has 0 radical (unpaired) electrons. The summed E-state index contributed by atoms with van der Waals surface area (Å²) in [6.45, 7) is 13.2. The largest absolute Gasteiger partial charge is 0.507 e. The Morgan fingerprint density at radius 1 is 1.00 bits per heavy atom. The van der Waals surface area contributed by atoms with Crippen molar-refractivity contribution in [3.8, 4) is 11.5 Å². The van der Waals surface area contributed by atoms with Crippen molar-refractivity contribution in [2.45, 2.75) is 59.5 Å². The monoisotopic (exact) mass is 541 g/mol. The Morgan fingerprint density at radius 2 is 1.70 bits per heavy atom. The number of amides is 1. The quantitative estimate of drug-likeness (QED) is 0.190. The topological polar surface area (TPSA) is 76.1 Å². The minimum atomic E-state index is -0.764. The van der Waals surface area contributed by atoms with Crippen LogP contribution in [-0.2, 0) is 21.5 Å². The van der Waals surface area contributed by atoms with E-state index in [1.807, 2.05) is 67.6 Å². The fourth-order valence-electron chi connectivity index (χ4n) is 4.89. The molecule has 0 aromatic heterocycles. The summed E-state index contributed by atoms with van der Waals surface area (Å²) < 4.78 is 11.4. The zero-order chi connectivity index (χ0) is 29.2. The molecule has 6 heteroatoms. The average molecular weight is 542 g/mol. The number of ketones is 1. The molecule has 0 spiro atoms. The molecule has 3 aromatic rings. The van der Waals surface area contributed by atoms with Gasteiger partial charge in [-0.2, -0.15) is 0 Å². The minimum absolute atomic E-state index is 0.0526. The Labute approximate surface area is 237 Å². The molecule has 0 bridgehead atoms.